The largest absolute Gasteiger partial charge is 0.488 e. The number of hydrogen-bond donors (Lipinski definition) is 1. The van der Waals surface area contributed by atoms with E-state index in [2.05, 4.69) is 30.7 Å². The van der Waals surface area contributed by atoms with E-state index < -0.39 is 11.6 Å². The Morgan fingerprint density at radius 3 is 2.68 bits per heavy atom. The zero-order valence-corrected chi connectivity index (χ0v) is 27.6. The fourth-order valence-corrected chi connectivity index (χ4v) is 8.14. The lowest BCUT2D eigenvalue weighted by atomic mass is 9.43. The number of esters is 1. The molecule has 2 saturated heterocycles. The number of nitrogens with zero attached hydrogens (tertiary/aromatic N) is 2. The van der Waals surface area contributed by atoms with Crippen molar-refractivity contribution in [1.82, 2.24) is 14.9 Å². The van der Waals surface area contributed by atoms with Gasteiger partial charge in [0.05, 0.1) is 36.2 Å². The maximum Gasteiger partial charge on any atom is 0.457 e. The number of likely N-dealkylation sites (tertiary alicyclic amines) is 1. The lowest BCUT2D eigenvalue weighted by molar-refractivity contribution is -0.199. The number of nitrogens with one attached hydrogen (secondary N) is 1. The number of carbonyl (C=O) groups excluding carboxylic acids is 2. The molecule has 1 aromatic heterocycles. The number of aryl methyl sites for hydroxylation is 1. The first kappa shape index (κ1) is 31.2. The van der Waals surface area contributed by atoms with Gasteiger partial charge >= 0.3 is 13.1 Å². The maximum atomic E-state index is 13.6. The second kappa shape index (κ2) is 11.2. The van der Waals surface area contributed by atoms with Gasteiger partial charge in [0.15, 0.2) is 0 Å². The monoisotopic (exact) mass is 605 g/mol. The number of ether oxygens (including phenoxy) is 2. The van der Waals surface area contributed by atoms with Gasteiger partial charge < -0.3 is 28.7 Å². The second-order valence-electron chi connectivity index (χ2n) is 15.2. The lowest BCUT2D eigenvalue weighted by Gasteiger charge is -2.64. The summed E-state index contributed by atoms with van der Waals surface area (Å²) in [5.41, 5.74) is 2.49. The van der Waals surface area contributed by atoms with Crippen molar-refractivity contribution >= 4 is 19.0 Å². The van der Waals surface area contributed by atoms with E-state index in [0.29, 0.717) is 60.8 Å². The summed E-state index contributed by atoms with van der Waals surface area (Å²) < 4.78 is 25.4. The van der Waals surface area contributed by atoms with Gasteiger partial charge in [-0.3, -0.25) is 4.79 Å². The van der Waals surface area contributed by atoms with Crippen LogP contribution < -0.4 is 4.74 Å². The molecule has 0 spiro atoms. The van der Waals surface area contributed by atoms with E-state index in [4.69, 9.17) is 18.8 Å². The van der Waals surface area contributed by atoms with Gasteiger partial charge in [0.2, 0.25) is 5.91 Å². The molecular weight excluding hydrogens is 557 g/mol. The van der Waals surface area contributed by atoms with E-state index in [-0.39, 0.29) is 36.8 Å². The van der Waals surface area contributed by atoms with E-state index in [1.807, 2.05) is 51.7 Å². The molecule has 2 bridgehead atoms. The predicted octanol–water partition coefficient (Wildman–Crippen LogP) is 5.73. The minimum Gasteiger partial charge on any atom is -0.488 e. The number of benzene rings is 1. The Balaban J connectivity index is 1.15. The van der Waals surface area contributed by atoms with Crippen molar-refractivity contribution in [2.45, 2.75) is 117 Å². The molecule has 1 N–H and O–H groups in total. The summed E-state index contributed by atoms with van der Waals surface area (Å²) in [6.45, 7) is 17.5. The summed E-state index contributed by atoms with van der Waals surface area (Å²) >= 11 is 0. The topological polar surface area (TPSA) is 103 Å². The third-order valence-electron chi connectivity index (χ3n) is 10.9. The average Bonchev–Trinajstić information content (AvgIpc) is 3.70. The molecule has 3 heterocycles. The summed E-state index contributed by atoms with van der Waals surface area (Å²) in [4.78, 5) is 35.7. The highest BCUT2D eigenvalue weighted by Gasteiger charge is 2.67. The van der Waals surface area contributed by atoms with Crippen LogP contribution in [0.4, 0.5) is 0 Å². The summed E-state index contributed by atoms with van der Waals surface area (Å²) in [6, 6.07) is 3.92. The summed E-state index contributed by atoms with van der Waals surface area (Å²) in [7, 11) is -0.258. The Bertz CT molecular complexity index is 1400. The summed E-state index contributed by atoms with van der Waals surface area (Å²) in [5, 5.41) is 0. The van der Waals surface area contributed by atoms with E-state index in [0.717, 1.165) is 23.2 Å². The minimum atomic E-state index is -0.651. The van der Waals surface area contributed by atoms with Crippen molar-refractivity contribution < 1.29 is 28.4 Å². The Morgan fingerprint density at radius 2 is 2.00 bits per heavy atom. The van der Waals surface area contributed by atoms with E-state index >= 15 is 0 Å². The molecule has 1 amide bonds. The number of H-pyrrole nitrogens is 1. The van der Waals surface area contributed by atoms with E-state index in [9.17, 15) is 9.59 Å². The molecule has 0 radical (unpaired) electrons. The van der Waals surface area contributed by atoms with Gasteiger partial charge in [0, 0.05) is 19.2 Å². The van der Waals surface area contributed by atoms with E-state index in [1.165, 1.54) is 6.42 Å². The summed E-state index contributed by atoms with van der Waals surface area (Å²) in [5.74, 6) is 1.01. The first-order valence-electron chi connectivity index (χ1n) is 16.3. The van der Waals surface area contributed by atoms with Crippen LogP contribution in [0.3, 0.4) is 0 Å². The van der Waals surface area contributed by atoms with Crippen LogP contribution in [0, 0.1) is 24.2 Å². The zero-order chi connectivity index (χ0) is 31.6. The second-order valence-corrected chi connectivity index (χ2v) is 15.2. The van der Waals surface area contributed by atoms with Crippen LogP contribution in [-0.2, 0) is 25.3 Å². The molecule has 44 heavy (non-hydrogen) atoms. The number of imidazole rings is 1. The minimum absolute atomic E-state index is 0.0212. The predicted molar refractivity (Wildman–Crippen MR) is 168 cm³/mol. The smallest absolute Gasteiger partial charge is 0.457 e. The molecule has 3 aliphatic carbocycles. The van der Waals surface area contributed by atoms with Gasteiger partial charge in [-0.15, -0.1) is 0 Å². The first-order valence-corrected chi connectivity index (χ1v) is 16.3. The molecular formula is C34H48BN3O6. The number of carbonyl (C=O) groups is 2. The van der Waals surface area contributed by atoms with Crippen LogP contribution in [0.2, 0.25) is 6.32 Å². The molecule has 3 saturated carbocycles. The Labute approximate surface area is 261 Å². The third-order valence-corrected chi connectivity index (χ3v) is 10.9. The standard InChI is InChI=1S/C34H48BN3O6/c1-20-22(11-13-35-43-28-16-23-15-27(33(23,6)7)34(28,8)44-35)9-10-26(29(20)31(40)42-32(3,4)5)41-24-12-14-38(18-24)30(39)21(2)25-17-36-19-37-25/h9-10,17,19,21,23-24,27-28H,11-16,18H2,1-8H3,(H,36,37)/t21?,23-,24+,27-,28+,34-/m0/s1. The van der Waals surface area contributed by atoms with Crippen LogP contribution in [0.15, 0.2) is 24.7 Å². The van der Waals surface area contributed by atoms with Crippen molar-refractivity contribution in [2.75, 3.05) is 13.1 Å². The van der Waals surface area contributed by atoms with Gasteiger partial charge in [-0.2, -0.15) is 0 Å². The van der Waals surface area contributed by atoms with Gasteiger partial charge in [-0.25, -0.2) is 9.78 Å². The molecule has 1 aromatic carbocycles. The Morgan fingerprint density at radius 1 is 1.23 bits per heavy atom. The Hall–Kier alpha value is -2.85. The van der Waals surface area contributed by atoms with Crippen molar-refractivity contribution in [3.63, 3.8) is 0 Å². The third kappa shape index (κ3) is 5.57. The first-order chi connectivity index (χ1) is 20.7. The van der Waals surface area contributed by atoms with Gasteiger partial charge in [0.1, 0.15) is 23.0 Å². The zero-order valence-electron chi connectivity index (χ0n) is 27.6. The highest BCUT2D eigenvalue weighted by molar-refractivity contribution is 6.45. The van der Waals surface area contributed by atoms with Gasteiger partial charge in [-0.05, 0) is 102 Å². The molecule has 1 unspecified atom stereocenters. The normalized spacial score (nSPS) is 29.6. The lowest BCUT2D eigenvalue weighted by Crippen LogP contribution is -2.65. The van der Waals surface area contributed by atoms with Crippen LogP contribution in [0.5, 0.6) is 5.75 Å². The summed E-state index contributed by atoms with van der Waals surface area (Å²) in [6.07, 6.45) is 7.67. The molecule has 7 rings (SSSR count). The van der Waals surface area contributed by atoms with Gasteiger partial charge in [-0.1, -0.05) is 19.9 Å². The fraction of sp³-hybridized carbons (Fsp3) is 0.676. The Kier molecular flexibility index (Phi) is 7.93. The molecule has 10 heteroatoms. The molecule has 6 atom stereocenters. The highest BCUT2D eigenvalue weighted by atomic mass is 16.7. The van der Waals surface area contributed by atoms with E-state index in [1.54, 1.807) is 12.5 Å². The molecule has 5 aliphatic rings. The number of aromatic amines is 1. The van der Waals surface area contributed by atoms with Crippen LogP contribution in [0.1, 0.15) is 101 Å². The number of rotatable bonds is 8. The van der Waals surface area contributed by atoms with Gasteiger partial charge in [0.25, 0.3) is 0 Å². The van der Waals surface area contributed by atoms with Crippen molar-refractivity contribution in [1.29, 1.82) is 0 Å². The molecule has 9 nitrogen and oxygen atoms in total. The fourth-order valence-electron chi connectivity index (χ4n) is 8.14. The average molecular weight is 606 g/mol. The number of amides is 1. The molecule has 2 aliphatic heterocycles. The van der Waals surface area contributed by atoms with Crippen LogP contribution >= 0.6 is 0 Å². The SMILES string of the molecule is Cc1c(CCB2O[C@@H]3C[C@@H]4C[C@@H](C4(C)C)[C@]3(C)O2)ccc(O[C@@H]2CCN(C(=O)C(C)c3c[nH]cn3)C2)c1C(=O)OC(C)(C)C. The maximum absolute atomic E-state index is 13.6. The quantitative estimate of drug-likeness (QED) is 0.303. The molecule has 5 fully saturated rings. The molecule has 2 aromatic rings. The van der Waals surface area contributed by atoms with Crippen LogP contribution in [-0.4, -0.2) is 70.4 Å². The number of aromatic nitrogens is 2. The van der Waals surface area contributed by atoms with Crippen molar-refractivity contribution in [2.24, 2.45) is 17.3 Å². The highest BCUT2D eigenvalue weighted by Crippen LogP contribution is 2.65. The number of hydrogen-bond acceptors (Lipinski definition) is 7. The molecule has 238 valence electrons. The van der Waals surface area contributed by atoms with Crippen molar-refractivity contribution in [3.05, 3.63) is 47.0 Å². The van der Waals surface area contributed by atoms with Crippen LogP contribution in [0.25, 0.3) is 0 Å². The van der Waals surface area contributed by atoms with Crippen molar-refractivity contribution in [3.8, 4) is 5.75 Å².